The van der Waals surface area contributed by atoms with Gasteiger partial charge in [-0.2, -0.15) is 0 Å². The van der Waals surface area contributed by atoms with Gasteiger partial charge in [-0.25, -0.2) is 4.57 Å². The fourth-order valence-electron chi connectivity index (χ4n) is 8.64. The topological polar surface area (TPSA) is 202 Å². The van der Waals surface area contributed by atoms with Gasteiger partial charge < -0.3 is 43.7 Å². The summed E-state index contributed by atoms with van der Waals surface area (Å²) in [5, 5.41) is 36.7. The number of phosphoric ester groups is 1. The smallest absolute Gasteiger partial charge is 0.469 e. The predicted octanol–water partition coefficient (Wildman–Crippen LogP) is 2.29. The average molecular weight is 1110 g/mol. The Kier molecular flexibility index (Phi) is 13.3. The Morgan fingerprint density at radius 2 is 1.85 bits per heavy atom. The number of esters is 1. The molecular weight excluding hydrogens is 1070 g/mol. The van der Waals surface area contributed by atoms with Crippen molar-refractivity contribution in [2.75, 3.05) is 13.4 Å². The van der Waals surface area contributed by atoms with E-state index in [-0.39, 0.29) is 113 Å². The van der Waals surface area contributed by atoms with Crippen LogP contribution in [0.25, 0.3) is 0 Å². The Labute approximate surface area is 346 Å². The molecule has 0 aromatic carbocycles. The van der Waals surface area contributed by atoms with Gasteiger partial charge in [-0.1, -0.05) is 27.7 Å². The number of carbonyl (C=O) groups is 2. The number of phosphoric acid groups is 1. The molecule has 16 heteroatoms. The molecule has 0 spiro atoms. The molecule has 11 atom stereocenters. The number of rotatable bonds is 8. The summed E-state index contributed by atoms with van der Waals surface area (Å²) in [6.45, 7) is 15.1. The molecule has 256 valence electrons. The van der Waals surface area contributed by atoms with Gasteiger partial charge in [-0.05, 0) is 50.0 Å². The number of furan rings is 1. The monoisotopic (exact) mass is 1110 g/mol. The average Bonchev–Trinajstić information content (AvgIpc) is 3.49. The molecular formula is C31H43Ac2O13P. The molecule has 7 unspecified atom stereocenters. The summed E-state index contributed by atoms with van der Waals surface area (Å²) in [6, 6.07) is 3.30. The first kappa shape index (κ1) is 42.4. The maximum absolute atomic E-state index is 14.6. The van der Waals surface area contributed by atoms with Crippen molar-refractivity contribution in [3.63, 3.8) is 0 Å². The predicted molar refractivity (Wildman–Crippen MR) is 155 cm³/mol. The van der Waals surface area contributed by atoms with Crippen molar-refractivity contribution in [3.8, 4) is 0 Å². The molecule has 4 aliphatic rings. The molecule has 13 nitrogen and oxygen atoms in total. The molecule has 1 aliphatic heterocycles. The molecule has 2 saturated carbocycles. The van der Waals surface area contributed by atoms with E-state index in [0.717, 1.165) is 0 Å². The van der Waals surface area contributed by atoms with E-state index >= 15 is 0 Å². The SMILES string of the molecule is [Ac].[Ac].[CH][C@@H](c1ccco1)[C@@H](C)C(=O)OC1CC2(O)[C@@H](C)C3C4(O)COC4CC(OCOP(=O)(O)O)[C@@]3(C)C(=O)C(O)C(=C1C)C2(C)C. The third-order valence-electron chi connectivity index (χ3n) is 11.4. The van der Waals surface area contributed by atoms with E-state index in [1.807, 2.05) is 0 Å². The molecule has 3 aliphatic carbocycles. The van der Waals surface area contributed by atoms with Crippen LogP contribution in [0.5, 0.6) is 0 Å². The zero-order valence-electron chi connectivity index (χ0n) is 27.4. The van der Waals surface area contributed by atoms with Gasteiger partial charge in [0, 0.05) is 118 Å². The number of ketones is 1. The summed E-state index contributed by atoms with van der Waals surface area (Å²) >= 11 is 0. The van der Waals surface area contributed by atoms with Gasteiger partial charge in [0.2, 0.25) is 0 Å². The minimum Gasteiger partial charge on any atom is -0.469 e. The van der Waals surface area contributed by atoms with Crippen molar-refractivity contribution >= 4 is 19.6 Å². The van der Waals surface area contributed by atoms with E-state index in [2.05, 4.69) is 4.52 Å². The zero-order valence-corrected chi connectivity index (χ0v) is 37.7. The van der Waals surface area contributed by atoms with Gasteiger partial charge in [0.1, 0.15) is 23.6 Å². The largest absolute Gasteiger partial charge is 0.471 e. The number of hydrogen-bond donors (Lipinski definition) is 5. The van der Waals surface area contributed by atoms with Crippen LogP contribution in [-0.2, 0) is 32.9 Å². The molecule has 0 amide bonds. The van der Waals surface area contributed by atoms with E-state index in [1.165, 1.54) is 13.2 Å². The van der Waals surface area contributed by atoms with Crippen molar-refractivity contribution in [1.82, 2.24) is 0 Å². The van der Waals surface area contributed by atoms with Crippen LogP contribution in [0.3, 0.4) is 0 Å². The van der Waals surface area contributed by atoms with Gasteiger partial charge in [0.05, 0.1) is 42.0 Å². The second kappa shape index (κ2) is 14.8. The number of hydrogen-bond acceptors (Lipinski definition) is 11. The van der Waals surface area contributed by atoms with Crippen LogP contribution in [0.15, 0.2) is 34.0 Å². The van der Waals surface area contributed by atoms with Crippen molar-refractivity contribution in [2.24, 2.45) is 28.6 Å². The minimum absolute atomic E-state index is 0. The number of aliphatic hydroxyl groups is 3. The van der Waals surface area contributed by atoms with Gasteiger partial charge in [-0.3, -0.25) is 14.1 Å². The molecule has 5 rings (SSSR count). The fraction of sp³-hybridized carbons (Fsp3) is 0.710. The summed E-state index contributed by atoms with van der Waals surface area (Å²) in [5.74, 6) is -4.58. The summed E-state index contributed by atoms with van der Waals surface area (Å²) < 4.78 is 38.6. The van der Waals surface area contributed by atoms with Crippen molar-refractivity contribution in [3.05, 3.63) is 42.2 Å². The molecule has 2 heterocycles. The van der Waals surface area contributed by atoms with Gasteiger partial charge >= 0.3 is 13.8 Å². The van der Waals surface area contributed by atoms with Crippen LogP contribution >= 0.6 is 7.82 Å². The Morgan fingerprint density at radius 1 is 1.21 bits per heavy atom. The van der Waals surface area contributed by atoms with Crippen LogP contribution in [0.1, 0.15) is 66.1 Å². The second-order valence-electron chi connectivity index (χ2n) is 13.8. The normalized spacial score (nSPS) is 39.0. The number of fused-ring (bicyclic) bond motifs is 5. The number of aliphatic hydroxyl groups excluding tert-OH is 1. The first-order valence-corrected chi connectivity index (χ1v) is 16.6. The molecule has 3 fully saturated rings. The van der Waals surface area contributed by atoms with E-state index in [9.17, 15) is 39.3 Å². The van der Waals surface area contributed by atoms with Crippen molar-refractivity contribution < 1.29 is 151 Å². The van der Waals surface area contributed by atoms with Crippen LogP contribution in [0.4, 0.5) is 0 Å². The van der Waals surface area contributed by atoms with Crippen LogP contribution in [0, 0.1) is 124 Å². The molecule has 1 aromatic heterocycles. The Bertz CT molecular complexity index is 1410. The minimum atomic E-state index is -4.91. The summed E-state index contributed by atoms with van der Waals surface area (Å²) in [6.07, 6.45) is -3.51. The van der Waals surface area contributed by atoms with Gasteiger partial charge in [-0.15, -0.1) is 0 Å². The third kappa shape index (κ3) is 6.94. The first-order valence-electron chi connectivity index (χ1n) is 15.0. The molecule has 47 heavy (non-hydrogen) atoms. The Morgan fingerprint density at radius 3 is 2.38 bits per heavy atom. The summed E-state index contributed by atoms with van der Waals surface area (Å²) in [7, 11) is -4.91. The zero-order chi connectivity index (χ0) is 33.5. The van der Waals surface area contributed by atoms with Crippen molar-refractivity contribution in [1.29, 1.82) is 0 Å². The Hall–Kier alpha value is 0.953. The molecule has 4 radical (unpaired) electrons. The fourth-order valence-corrected chi connectivity index (χ4v) is 8.83. The quantitative estimate of drug-likeness (QED) is 0.110. The molecule has 1 aromatic rings. The van der Waals surface area contributed by atoms with Crippen LogP contribution in [-0.4, -0.2) is 85.9 Å². The number of ether oxygens (including phenoxy) is 3. The standard InChI is InChI=1S/C31H43O13P.2Ac/c1-15(19-9-8-10-40-19)16(2)27(34)44-20-12-31(36)18(4)25-29(7,26(33)24(32)23(17(20)3)28(31,5)6)21(42-14-43-45(37,38)39)11-22-30(25,35)13-41-22;;/h1,8-10,15-16,18,20-22,24-25,32,35-36H,11-14H2,2-7H3,(H2,37,38,39);;/t15-,16-,18+,20?,21?,22?,24?,25?,29-,30?,31?;;/m1../s1. The third-order valence-corrected chi connectivity index (χ3v) is 11.8. The number of Topliss-reactive ketones (excluding diaryl/α,β-unsaturated/α-hetero) is 1. The van der Waals surface area contributed by atoms with E-state index in [1.54, 1.807) is 46.8 Å². The molecule has 1 saturated heterocycles. The maximum atomic E-state index is 14.6. The Balaban J connectivity index is 0.00000300. The molecule has 2 bridgehead atoms. The van der Waals surface area contributed by atoms with Crippen molar-refractivity contribution in [2.45, 2.75) is 95.9 Å². The number of carbonyl (C=O) groups excluding carboxylic acids is 2. The molecule has 5 N–H and O–H groups in total. The van der Waals surface area contributed by atoms with Gasteiger partial charge in [0.25, 0.3) is 0 Å². The summed E-state index contributed by atoms with van der Waals surface area (Å²) in [4.78, 5) is 46.3. The first-order chi connectivity index (χ1) is 20.7. The van der Waals surface area contributed by atoms with E-state index in [0.29, 0.717) is 11.3 Å². The second-order valence-corrected chi connectivity index (χ2v) is 15.1. The van der Waals surface area contributed by atoms with Crippen LogP contribution in [0.2, 0.25) is 0 Å². The van der Waals surface area contributed by atoms with E-state index in [4.69, 9.17) is 25.6 Å². The summed E-state index contributed by atoms with van der Waals surface area (Å²) in [5.41, 5.74) is -5.70. The maximum Gasteiger partial charge on any atom is 0.471 e. The van der Waals surface area contributed by atoms with E-state index < -0.39 is 96.5 Å². The van der Waals surface area contributed by atoms with Crippen LogP contribution < -0.4 is 0 Å². The van der Waals surface area contributed by atoms with Gasteiger partial charge in [0.15, 0.2) is 12.6 Å².